The summed E-state index contributed by atoms with van der Waals surface area (Å²) in [7, 11) is 0. The third kappa shape index (κ3) is 1.38. The molecule has 0 aromatic rings. The fraction of sp³-hybridized carbons (Fsp3) is 0.700. The molecule has 0 spiro atoms. The number of rotatable bonds is 2. The Labute approximate surface area is 73.0 Å². The van der Waals surface area contributed by atoms with E-state index in [0.717, 1.165) is 25.7 Å². The van der Waals surface area contributed by atoms with Crippen molar-refractivity contribution in [3.63, 3.8) is 0 Å². The summed E-state index contributed by atoms with van der Waals surface area (Å²) in [5, 5.41) is 3.08. The predicted octanol–water partition coefficient (Wildman–Crippen LogP) is 1.62. The molecule has 0 bridgehead atoms. The minimum absolute atomic E-state index is 0.0113. The largest absolute Gasteiger partial charge is 0.352 e. The van der Waals surface area contributed by atoms with Crippen LogP contribution in [0.5, 0.6) is 0 Å². The second-order valence-corrected chi connectivity index (χ2v) is 4.17. The van der Waals surface area contributed by atoms with Crippen LogP contribution in [0.4, 0.5) is 0 Å². The SMILES string of the molecule is CC1(C(=O)NC2CC=CC2)CC1. The van der Waals surface area contributed by atoms with Gasteiger partial charge in [-0.3, -0.25) is 4.79 Å². The van der Waals surface area contributed by atoms with Gasteiger partial charge in [0.15, 0.2) is 0 Å². The highest BCUT2D eigenvalue weighted by molar-refractivity contribution is 5.85. The van der Waals surface area contributed by atoms with Gasteiger partial charge in [-0.15, -0.1) is 0 Å². The average molecular weight is 165 g/mol. The number of hydrogen-bond donors (Lipinski definition) is 1. The normalized spacial score (nSPS) is 25.8. The Morgan fingerprint density at radius 1 is 1.42 bits per heavy atom. The van der Waals surface area contributed by atoms with Gasteiger partial charge < -0.3 is 5.32 Å². The van der Waals surface area contributed by atoms with Crippen LogP contribution in [-0.4, -0.2) is 11.9 Å². The van der Waals surface area contributed by atoms with Crippen LogP contribution in [0.3, 0.4) is 0 Å². The molecule has 0 aromatic carbocycles. The van der Waals surface area contributed by atoms with Crippen LogP contribution in [0.1, 0.15) is 32.6 Å². The standard InChI is InChI=1S/C10H15NO/c1-10(6-7-10)9(12)11-8-4-2-3-5-8/h2-3,8H,4-7H2,1H3,(H,11,12). The lowest BCUT2D eigenvalue weighted by molar-refractivity contribution is -0.126. The maximum absolute atomic E-state index is 11.5. The lowest BCUT2D eigenvalue weighted by atomic mass is 10.1. The Hall–Kier alpha value is -0.790. The molecule has 12 heavy (non-hydrogen) atoms. The average Bonchev–Trinajstić information content (AvgIpc) is 2.63. The fourth-order valence-electron chi connectivity index (χ4n) is 1.51. The summed E-state index contributed by atoms with van der Waals surface area (Å²) >= 11 is 0. The molecule has 66 valence electrons. The molecule has 0 unspecified atom stereocenters. The zero-order valence-electron chi connectivity index (χ0n) is 7.47. The molecule has 1 N–H and O–H groups in total. The van der Waals surface area contributed by atoms with E-state index >= 15 is 0 Å². The first-order valence-electron chi connectivity index (χ1n) is 4.67. The minimum Gasteiger partial charge on any atom is -0.352 e. The number of amides is 1. The highest BCUT2D eigenvalue weighted by Gasteiger charge is 2.45. The molecule has 2 nitrogen and oxygen atoms in total. The first-order valence-corrected chi connectivity index (χ1v) is 4.67. The van der Waals surface area contributed by atoms with Crippen molar-refractivity contribution in [3.8, 4) is 0 Å². The topological polar surface area (TPSA) is 29.1 Å². The summed E-state index contributed by atoms with van der Waals surface area (Å²) in [6.45, 7) is 2.05. The third-order valence-electron chi connectivity index (χ3n) is 2.89. The van der Waals surface area contributed by atoms with Crippen molar-refractivity contribution in [3.05, 3.63) is 12.2 Å². The molecule has 1 amide bonds. The van der Waals surface area contributed by atoms with Gasteiger partial charge in [0, 0.05) is 11.5 Å². The highest BCUT2D eigenvalue weighted by atomic mass is 16.2. The molecular formula is C10H15NO. The van der Waals surface area contributed by atoms with Crippen LogP contribution in [0.25, 0.3) is 0 Å². The van der Waals surface area contributed by atoms with Gasteiger partial charge in [-0.05, 0) is 25.7 Å². The smallest absolute Gasteiger partial charge is 0.226 e. The molecule has 0 atom stereocenters. The van der Waals surface area contributed by atoms with Crippen molar-refractivity contribution < 1.29 is 4.79 Å². The summed E-state index contributed by atoms with van der Waals surface area (Å²) < 4.78 is 0. The predicted molar refractivity (Wildman–Crippen MR) is 47.6 cm³/mol. The van der Waals surface area contributed by atoms with Crippen molar-refractivity contribution in [2.75, 3.05) is 0 Å². The molecular weight excluding hydrogens is 150 g/mol. The molecule has 2 rings (SSSR count). The fourth-order valence-corrected chi connectivity index (χ4v) is 1.51. The summed E-state index contributed by atoms with van der Waals surface area (Å²) in [4.78, 5) is 11.5. The molecule has 0 heterocycles. The lowest BCUT2D eigenvalue weighted by Crippen LogP contribution is -2.37. The number of nitrogens with one attached hydrogen (secondary N) is 1. The van der Waals surface area contributed by atoms with Gasteiger partial charge in [0.1, 0.15) is 0 Å². The number of carbonyl (C=O) groups is 1. The van der Waals surface area contributed by atoms with Gasteiger partial charge in [0.05, 0.1) is 0 Å². The van der Waals surface area contributed by atoms with E-state index in [1.807, 2.05) is 6.92 Å². The van der Waals surface area contributed by atoms with Crippen molar-refractivity contribution in [2.24, 2.45) is 5.41 Å². The van der Waals surface area contributed by atoms with Crippen LogP contribution >= 0.6 is 0 Å². The monoisotopic (exact) mass is 165 g/mol. The minimum atomic E-state index is -0.0113. The van der Waals surface area contributed by atoms with E-state index in [2.05, 4.69) is 17.5 Å². The molecule has 0 radical (unpaired) electrons. The maximum atomic E-state index is 11.5. The maximum Gasteiger partial charge on any atom is 0.226 e. The summed E-state index contributed by atoms with van der Waals surface area (Å²) in [5.41, 5.74) is -0.0113. The summed E-state index contributed by atoms with van der Waals surface area (Å²) in [6, 6.07) is 0.384. The van der Waals surface area contributed by atoms with E-state index in [1.54, 1.807) is 0 Å². The van der Waals surface area contributed by atoms with Crippen molar-refractivity contribution >= 4 is 5.91 Å². The zero-order chi connectivity index (χ0) is 8.60. The van der Waals surface area contributed by atoms with E-state index in [9.17, 15) is 4.79 Å². The van der Waals surface area contributed by atoms with Crippen LogP contribution in [0.15, 0.2) is 12.2 Å². The lowest BCUT2D eigenvalue weighted by Gasteiger charge is -2.15. The molecule has 2 aliphatic carbocycles. The molecule has 2 aliphatic rings. The van der Waals surface area contributed by atoms with Crippen LogP contribution in [-0.2, 0) is 4.79 Å². The summed E-state index contributed by atoms with van der Waals surface area (Å²) in [6.07, 6.45) is 8.45. The van der Waals surface area contributed by atoms with Gasteiger partial charge in [0.25, 0.3) is 0 Å². The van der Waals surface area contributed by atoms with Gasteiger partial charge in [-0.2, -0.15) is 0 Å². The Bertz CT molecular complexity index is 220. The van der Waals surface area contributed by atoms with Gasteiger partial charge >= 0.3 is 0 Å². The van der Waals surface area contributed by atoms with Gasteiger partial charge in [-0.1, -0.05) is 19.1 Å². The van der Waals surface area contributed by atoms with Crippen LogP contribution < -0.4 is 5.32 Å². The van der Waals surface area contributed by atoms with E-state index in [-0.39, 0.29) is 11.3 Å². The molecule has 1 fully saturated rings. The first kappa shape index (κ1) is 7.84. The Morgan fingerprint density at radius 3 is 2.50 bits per heavy atom. The quantitative estimate of drug-likeness (QED) is 0.619. The second-order valence-electron chi connectivity index (χ2n) is 4.17. The molecule has 1 saturated carbocycles. The molecule has 0 aliphatic heterocycles. The number of hydrogen-bond acceptors (Lipinski definition) is 1. The molecule has 2 heteroatoms. The van der Waals surface area contributed by atoms with Crippen molar-refractivity contribution in [2.45, 2.75) is 38.6 Å². The van der Waals surface area contributed by atoms with E-state index in [0.29, 0.717) is 6.04 Å². The van der Waals surface area contributed by atoms with Crippen molar-refractivity contribution in [1.29, 1.82) is 0 Å². The van der Waals surface area contributed by atoms with Crippen LogP contribution in [0, 0.1) is 5.41 Å². The van der Waals surface area contributed by atoms with E-state index in [4.69, 9.17) is 0 Å². The van der Waals surface area contributed by atoms with Crippen LogP contribution in [0.2, 0.25) is 0 Å². The van der Waals surface area contributed by atoms with Crippen molar-refractivity contribution in [1.82, 2.24) is 5.32 Å². The Balaban J connectivity index is 1.83. The van der Waals surface area contributed by atoms with E-state index in [1.165, 1.54) is 0 Å². The van der Waals surface area contributed by atoms with Gasteiger partial charge in [-0.25, -0.2) is 0 Å². The summed E-state index contributed by atoms with van der Waals surface area (Å²) in [5.74, 6) is 0.260. The highest BCUT2D eigenvalue weighted by Crippen LogP contribution is 2.45. The zero-order valence-corrected chi connectivity index (χ0v) is 7.47. The molecule has 0 aromatic heterocycles. The third-order valence-corrected chi connectivity index (χ3v) is 2.89. The second kappa shape index (κ2) is 2.61. The molecule has 0 saturated heterocycles. The number of carbonyl (C=O) groups excluding carboxylic acids is 1. The van der Waals surface area contributed by atoms with Gasteiger partial charge in [0.2, 0.25) is 5.91 Å². The first-order chi connectivity index (χ1) is 5.71. The van der Waals surface area contributed by atoms with E-state index < -0.39 is 0 Å². The Kier molecular flexibility index (Phi) is 1.71. The Morgan fingerprint density at radius 2 is 2.00 bits per heavy atom.